The van der Waals surface area contributed by atoms with Gasteiger partial charge in [-0.3, -0.25) is 9.59 Å². The molecule has 3 atom stereocenters. The summed E-state index contributed by atoms with van der Waals surface area (Å²) in [6, 6.07) is -0.705. The van der Waals surface area contributed by atoms with Crippen LogP contribution in [0.3, 0.4) is 0 Å². The molecule has 0 aliphatic rings. The third-order valence-electron chi connectivity index (χ3n) is 11.2. The van der Waals surface area contributed by atoms with Crippen molar-refractivity contribution in [3.8, 4) is 0 Å². The van der Waals surface area contributed by atoms with Gasteiger partial charge in [0, 0.05) is 6.42 Å². The lowest BCUT2D eigenvalue weighted by Gasteiger charge is -2.24. The zero-order valence-electron chi connectivity index (χ0n) is 38.0. The molecule has 0 saturated carbocycles. The van der Waals surface area contributed by atoms with Crippen LogP contribution in [0.25, 0.3) is 0 Å². The quantitative estimate of drug-likeness (QED) is 0.0247. The lowest BCUT2D eigenvalue weighted by Crippen LogP contribution is -2.46. The largest absolute Gasteiger partial charge is 0.462 e. The molecule has 0 aliphatic carbocycles. The van der Waals surface area contributed by atoms with Crippen LogP contribution in [0.5, 0.6) is 0 Å². The normalized spacial score (nSPS) is 13.6. The van der Waals surface area contributed by atoms with Gasteiger partial charge in [-0.1, -0.05) is 198 Å². The summed E-state index contributed by atoms with van der Waals surface area (Å²) in [5, 5.41) is 23.7. The number of aliphatic hydroxyl groups is 2. The van der Waals surface area contributed by atoms with Crippen LogP contribution in [0.2, 0.25) is 0 Å². The van der Waals surface area contributed by atoms with Gasteiger partial charge in [0.25, 0.3) is 0 Å². The Hall–Kier alpha value is -1.92. The minimum absolute atomic E-state index is 0.0636. The molecular weight excluding hydrogens is 707 g/mol. The molecule has 0 saturated heterocycles. The fourth-order valence-corrected chi connectivity index (χ4v) is 7.42. The topological polar surface area (TPSA) is 95.9 Å². The Morgan fingerprint density at radius 2 is 0.895 bits per heavy atom. The third kappa shape index (κ3) is 40.6. The second kappa shape index (κ2) is 45.2. The number of esters is 1. The molecule has 3 N–H and O–H groups in total. The molecule has 0 radical (unpaired) electrons. The van der Waals surface area contributed by atoms with Crippen molar-refractivity contribution in [2.75, 3.05) is 6.61 Å². The van der Waals surface area contributed by atoms with Gasteiger partial charge in [0.05, 0.1) is 25.2 Å². The van der Waals surface area contributed by atoms with Crippen LogP contribution in [-0.4, -0.2) is 46.9 Å². The van der Waals surface area contributed by atoms with E-state index in [1.165, 1.54) is 128 Å². The summed E-state index contributed by atoms with van der Waals surface area (Å²) in [5.41, 5.74) is 0. The summed E-state index contributed by atoms with van der Waals surface area (Å²) in [6.07, 6.45) is 52.0. The molecule has 0 fully saturated rings. The van der Waals surface area contributed by atoms with Gasteiger partial charge in [-0.25, -0.2) is 0 Å². The van der Waals surface area contributed by atoms with Crippen LogP contribution in [0.1, 0.15) is 252 Å². The molecule has 0 aromatic heterocycles. The fraction of sp³-hybridized carbons (Fsp3) is 0.843. The van der Waals surface area contributed by atoms with Gasteiger partial charge in [-0.15, -0.1) is 0 Å². The molecule has 3 unspecified atom stereocenters. The summed E-state index contributed by atoms with van der Waals surface area (Å²) in [6.45, 7) is 6.42. The average molecular weight is 802 g/mol. The standard InChI is InChI=1S/C51H95NO5/c1-4-7-10-13-16-19-22-24-25-27-29-32-35-38-41-44-51(56)57-47(42-39-36-33-30-21-18-15-12-9-6-3)45-50(55)52-48(46-53)49(54)43-40-37-34-31-28-26-23-20-17-14-11-8-5-2/h16,18-19,21-22,24,47-49,53-54H,4-15,17,20,23,25-46H2,1-3H3,(H,52,55)/b19-16+,21-18-,24-22+. The van der Waals surface area contributed by atoms with E-state index < -0.39 is 18.2 Å². The number of amides is 1. The molecule has 57 heavy (non-hydrogen) atoms. The Bertz CT molecular complexity index is 946. The van der Waals surface area contributed by atoms with Crippen molar-refractivity contribution in [1.29, 1.82) is 0 Å². The van der Waals surface area contributed by atoms with Crippen molar-refractivity contribution < 1.29 is 24.5 Å². The van der Waals surface area contributed by atoms with E-state index in [-0.39, 0.29) is 24.9 Å². The van der Waals surface area contributed by atoms with Crippen LogP contribution < -0.4 is 5.32 Å². The van der Waals surface area contributed by atoms with Gasteiger partial charge in [-0.05, 0) is 77.0 Å². The molecule has 1 amide bonds. The third-order valence-corrected chi connectivity index (χ3v) is 11.2. The smallest absolute Gasteiger partial charge is 0.306 e. The Morgan fingerprint density at radius 1 is 0.509 bits per heavy atom. The summed E-state index contributed by atoms with van der Waals surface area (Å²) in [5.74, 6) is -0.499. The number of hydrogen-bond acceptors (Lipinski definition) is 5. The summed E-state index contributed by atoms with van der Waals surface area (Å²) in [7, 11) is 0. The van der Waals surface area contributed by atoms with Gasteiger partial charge in [0.1, 0.15) is 6.10 Å². The lowest BCUT2D eigenvalue weighted by molar-refractivity contribution is -0.151. The number of aliphatic hydroxyl groups excluding tert-OH is 2. The molecule has 0 rings (SSSR count). The predicted molar refractivity (Wildman–Crippen MR) is 246 cm³/mol. The highest BCUT2D eigenvalue weighted by molar-refractivity contribution is 5.77. The maximum absolute atomic E-state index is 13.1. The molecule has 0 bridgehead atoms. The van der Waals surface area contributed by atoms with E-state index in [1.54, 1.807) is 0 Å². The average Bonchev–Trinajstić information content (AvgIpc) is 3.20. The van der Waals surface area contributed by atoms with E-state index in [9.17, 15) is 19.8 Å². The maximum atomic E-state index is 13.1. The van der Waals surface area contributed by atoms with E-state index in [0.29, 0.717) is 19.3 Å². The number of carbonyl (C=O) groups is 2. The first-order valence-electron chi connectivity index (χ1n) is 24.7. The first-order chi connectivity index (χ1) is 28.0. The van der Waals surface area contributed by atoms with Gasteiger partial charge >= 0.3 is 5.97 Å². The molecule has 334 valence electrons. The van der Waals surface area contributed by atoms with Crippen LogP contribution in [-0.2, 0) is 14.3 Å². The molecule has 0 spiro atoms. The molecule has 6 nitrogen and oxygen atoms in total. The molecule has 0 aromatic rings. The fourth-order valence-electron chi connectivity index (χ4n) is 7.42. The zero-order valence-corrected chi connectivity index (χ0v) is 38.0. The van der Waals surface area contributed by atoms with E-state index in [1.807, 2.05) is 0 Å². The van der Waals surface area contributed by atoms with Gasteiger partial charge < -0.3 is 20.3 Å². The predicted octanol–water partition coefficient (Wildman–Crippen LogP) is 14.5. The SMILES string of the molecule is CCCCC/C=C\CCCCCC(CC(=O)NC(CO)C(O)CCCCCCCCCCCCCCC)OC(=O)CCCCCCCC/C=C/C=C/CCCCC. The number of carbonyl (C=O) groups excluding carboxylic acids is 2. The van der Waals surface area contributed by atoms with Crippen LogP contribution in [0.4, 0.5) is 0 Å². The summed E-state index contributed by atoms with van der Waals surface area (Å²) < 4.78 is 5.90. The first-order valence-corrected chi connectivity index (χ1v) is 24.7. The summed E-state index contributed by atoms with van der Waals surface area (Å²) >= 11 is 0. The highest BCUT2D eigenvalue weighted by Gasteiger charge is 2.24. The van der Waals surface area contributed by atoms with Crippen molar-refractivity contribution in [2.24, 2.45) is 0 Å². The minimum atomic E-state index is -0.790. The molecule has 0 heterocycles. The number of rotatable bonds is 44. The van der Waals surface area contributed by atoms with Crippen molar-refractivity contribution in [1.82, 2.24) is 5.32 Å². The van der Waals surface area contributed by atoms with Crippen molar-refractivity contribution in [3.63, 3.8) is 0 Å². The van der Waals surface area contributed by atoms with E-state index in [2.05, 4.69) is 62.5 Å². The Morgan fingerprint density at radius 3 is 1.40 bits per heavy atom. The number of allylic oxidation sites excluding steroid dienone is 6. The molecular formula is C51H95NO5. The number of nitrogens with one attached hydrogen (secondary N) is 1. The summed E-state index contributed by atoms with van der Waals surface area (Å²) in [4.78, 5) is 26.0. The number of hydrogen-bond donors (Lipinski definition) is 3. The number of unbranched alkanes of at least 4 members (excludes halogenated alkanes) is 27. The molecule has 0 aliphatic heterocycles. The van der Waals surface area contributed by atoms with Crippen LogP contribution >= 0.6 is 0 Å². The van der Waals surface area contributed by atoms with Crippen molar-refractivity contribution in [2.45, 2.75) is 270 Å². The highest BCUT2D eigenvalue weighted by Crippen LogP contribution is 2.17. The highest BCUT2D eigenvalue weighted by atomic mass is 16.5. The van der Waals surface area contributed by atoms with Crippen molar-refractivity contribution in [3.05, 3.63) is 36.5 Å². The Kier molecular flexibility index (Phi) is 43.6. The van der Waals surface area contributed by atoms with E-state index in [0.717, 1.165) is 77.0 Å². The van der Waals surface area contributed by atoms with Crippen LogP contribution in [0, 0.1) is 0 Å². The Labute approximate surface area is 353 Å². The lowest BCUT2D eigenvalue weighted by atomic mass is 10.0. The zero-order chi connectivity index (χ0) is 41.7. The number of ether oxygens (including phenoxy) is 1. The minimum Gasteiger partial charge on any atom is -0.462 e. The van der Waals surface area contributed by atoms with Gasteiger partial charge in [-0.2, -0.15) is 0 Å². The molecule has 6 heteroatoms. The first kappa shape index (κ1) is 55.1. The Balaban J connectivity index is 4.54. The van der Waals surface area contributed by atoms with Crippen molar-refractivity contribution >= 4 is 11.9 Å². The second-order valence-corrected chi connectivity index (χ2v) is 16.9. The van der Waals surface area contributed by atoms with E-state index in [4.69, 9.17) is 4.74 Å². The molecule has 0 aromatic carbocycles. The maximum Gasteiger partial charge on any atom is 0.306 e. The van der Waals surface area contributed by atoms with Crippen LogP contribution in [0.15, 0.2) is 36.5 Å². The monoisotopic (exact) mass is 802 g/mol. The van der Waals surface area contributed by atoms with E-state index >= 15 is 0 Å². The van der Waals surface area contributed by atoms with Gasteiger partial charge in [0.15, 0.2) is 0 Å². The second-order valence-electron chi connectivity index (χ2n) is 16.9. The van der Waals surface area contributed by atoms with Gasteiger partial charge in [0.2, 0.25) is 5.91 Å².